The Morgan fingerprint density at radius 1 is 1.38 bits per heavy atom. The molecule has 7 heteroatoms. The molecule has 1 aliphatic rings. The summed E-state index contributed by atoms with van der Waals surface area (Å²) < 4.78 is 12.8. The Labute approximate surface area is 125 Å². The zero-order valence-electron chi connectivity index (χ0n) is 11.3. The molecule has 1 atom stereocenters. The van der Waals surface area contributed by atoms with Gasteiger partial charge in [-0.05, 0) is 30.7 Å². The van der Waals surface area contributed by atoms with Crippen LogP contribution in [0.2, 0.25) is 0 Å². The normalized spacial score (nSPS) is 17.8. The van der Waals surface area contributed by atoms with Crippen LogP contribution in [0.5, 0.6) is 0 Å². The summed E-state index contributed by atoms with van der Waals surface area (Å²) in [4.78, 5) is 18.3. The van der Waals surface area contributed by atoms with Gasteiger partial charge < -0.3 is 15.5 Å². The van der Waals surface area contributed by atoms with Crippen LogP contribution in [0.15, 0.2) is 35.8 Å². The molecule has 0 spiro atoms. The van der Waals surface area contributed by atoms with Crippen molar-refractivity contribution in [2.24, 2.45) is 0 Å². The Morgan fingerprint density at radius 3 is 2.90 bits per heavy atom. The summed E-state index contributed by atoms with van der Waals surface area (Å²) in [5.74, 6) is -0.323. The number of benzene rings is 1. The van der Waals surface area contributed by atoms with Crippen molar-refractivity contribution in [1.29, 1.82) is 0 Å². The Kier molecular flexibility index (Phi) is 4.01. The number of rotatable bonds is 3. The molecule has 2 amide bonds. The molecule has 110 valence electrons. The maximum Gasteiger partial charge on any atom is 0.319 e. The smallest absolute Gasteiger partial charge is 0.319 e. The Balaban J connectivity index is 1.50. The highest BCUT2D eigenvalue weighted by Gasteiger charge is 2.25. The number of nitrogens with zero attached hydrogens (tertiary/aromatic N) is 2. The lowest BCUT2D eigenvalue weighted by Gasteiger charge is -2.16. The molecule has 5 nitrogen and oxygen atoms in total. The molecule has 0 radical (unpaired) electrons. The first-order valence-corrected chi connectivity index (χ1v) is 7.56. The number of hydrogen-bond acceptors (Lipinski definition) is 4. The summed E-state index contributed by atoms with van der Waals surface area (Å²) in [6.07, 6.45) is 2.67. The average molecular weight is 306 g/mol. The molecule has 1 aliphatic heterocycles. The summed E-state index contributed by atoms with van der Waals surface area (Å²) in [5, 5.41) is 8.55. The second-order valence-electron chi connectivity index (χ2n) is 4.85. The van der Waals surface area contributed by atoms with E-state index in [0.29, 0.717) is 5.69 Å². The number of nitrogens with one attached hydrogen (secondary N) is 2. The zero-order chi connectivity index (χ0) is 14.7. The van der Waals surface area contributed by atoms with Crippen LogP contribution < -0.4 is 15.5 Å². The van der Waals surface area contributed by atoms with Crippen molar-refractivity contribution in [3.63, 3.8) is 0 Å². The third-order valence-electron chi connectivity index (χ3n) is 3.32. The van der Waals surface area contributed by atoms with E-state index in [1.54, 1.807) is 17.5 Å². The van der Waals surface area contributed by atoms with E-state index in [-0.39, 0.29) is 17.9 Å². The molecule has 21 heavy (non-hydrogen) atoms. The van der Waals surface area contributed by atoms with E-state index in [2.05, 4.69) is 20.5 Å². The molecule has 1 aromatic carbocycles. The van der Waals surface area contributed by atoms with E-state index >= 15 is 0 Å². The first-order valence-electron chi connectivity index (χ1n) is 6.68. The van der Waals surface area contributed by atoms with Crippen molar-refractivity contribution in [1.82, 2.24) is 10.3 Å². The van der Waals surface area contributed by atoms with Crippen LogP contribution in [0.25, 0.3) is 0 Å². The zero-order valence-corrected chi connectivity index (χ0v) is 12.1. The third kappa shape index (κ3) is 3.49. The molecule has 3 rings (SSSR count). The van der Waals surface area contributed by atoms with Crippen LogP contribution in [0.3, 0.4) is 0 Å². The molecule has 0 aliphatic carbocycles. The highest BCUT2D eigenvalue weighted by atomic mass is 32.1. The van der Waals surface area contributed by atoms with E-state index in [0.717, 1.165) is 24.6 Å². The lowest BCUT2D eigenvalue weighted by molar-refractivity contribution is 0.249. The molecule has 2 heterocycles. The Morgan fingerprint density at radius 2 is 2.19 bits per heavy atom. The molecular weight excluding hydrogens is 291 g/mol. The summed E-state index contributed by atoms with van der Waals surface area (Å²) in [6, 6.07) is 5.52. The largest absolute Gasteiger partial charge is 0.346 e. The number of carbonyl (C=O) groups excluding carboxylic acids is 1. The summed E-state index contributed by atoms with van der Waals surface area (Å²) in [6.45, 7) is 1.64. The molecule has 1 aromatic heterocycles. The van der Waals surface area contributed by atoms with Crippen LogP contribution >= 0.6 is 11.3 Å². The predicted octanol–water partition coefficient (Wildman–Crippen LogP) is 2.68. The standard InChI is InChI=1S/C14H15FN4OS/c15-10-1-3-11(4-2-10)17-13(20)18-12-5-7-19(9-12)14-16-6-8-21-14/h1-4,6,8,12H,5,7,9H2,(H2,17,18,20). The first-order chi connectivity index (χ1) is 10.2. The maximum absolute atomic E-state index is 12.8. The van der Waals surface area contributed by atoms with Gasteiger partial charge in [0.25, 0.3) is 0 Å². The molecule has 1 unspecified atom stereocenters. The van der Waals surface area contributed by atoms with Crippen molar-refractivity contribution >= 4 is 28.2 Å². The average Bonchev–Trinajstić information content (AvgIpc) is 3.12. The highest BCUT2D eigenvalue weighted by Crippen LogP contribution is 2.22. The quantitative estimate of drug-likeness (QED) is 0.916. The topological polar surface area (TPSA) is 57.3 Å². The van der Waals surface area contributed by atoms with Gasteiger partial charge in [-0.3, -0.25) is 0 Å². The van der Waals surface area contributed by atoms with Crippen LogP contribution in [-0.4, -0.2) is 30.1 Å². The number of hydrogen-bond donors (Lipinski definition) is 2. The van der Waals surface area contributed by atoms with Gasteiger partial charge in [0, 0.05) is 36.4 Å². The van der Waals surface area contributed by atoms with Crippen molar-refractivity contribution in [2.75, 3.05) is 23.3 Å². The van der Waals surface area contributed by atoms with E-state index in [9.17, 15) is 9.18 Å². The molecular formula is C14H15FN4OS. The maximum atomic E-state index is 12.8. The minimum absolute atomic E-state index is 0.0920. The number of urea groups is 1. The number of thiazole rings is 1. The number of carbonyl (C=O) groups is 1. The van der Waals surface area contributed by atoms with Gasteiger partial charge in [-0.15, -0.1) is 11.3 Å². The van der Waals surface area contributed by atoms with Gasteiger partial charge in [0.1, 0.15) is 5.82 Å². The van der Waals surface area contributed by atoms with Crippen molar-refractivity contribution in [3.8, 4) is 0 Å². The number of amides is 2. The molecule has 1 saturated heterocycles. The van der Waals surface area contributed by atoms with Crippen LogP contribution in [-0.2, 0) is 0 Å². The first kappa shape index (κ1) is 13.8. The fourth-order valence-electron chi connectivity index (χ4n) is 2.31. The molecule has 2 aromatic rings. The lowest BCUT2D eigenvalue weighted by atomic mass is 10.3. The molecule has 1 fully saturated rings. The van der Waals surface area contributed by atoms with Crippen LogP contribution in [0, 0.1) is 5.82 Å². The molecule has 0 saturated carbocycles. The number of halogens is 1. The van der Waals surface area contributed by atoms with Gasteiger partial charge in [-0.2, -0.15) is 0 Å². The highest BCUT2D eigenvalue weighted by molar-refractivity contribution is 7.13. The Bertz CT molecular complexity index is 602. The fourth-order valence-corrected chi connectivity index (χ4v) is 2.99. The molecule has 0 bridgehead atoms. The van der Waals surface area contributed by atoms with Gasteiger partial charge >= 0.3 is 6.03 Å². The second kappa shape index (κ2) is 6.09. The second-order valence-corrected chi connectivity index (χ2v) is 5.72. The summed E-state index contributed by atoms with van der Waals surface area (Å²) >= 11 is 1.60. The van der Waals surface area contributed by atoms with Gasteiger partial charge in [-0.25, -0.2) is 14.2 Å². The summed E-state index contributed by atoms with van der Waals surface area (Å²) in [5.41, 5.74) is 0.573. The Hall–Kier alpha value is -2.15. The fraction of sp³-hybridized carbons (Fsp3) is 0.286. The number of aromatic nitrogens is 1. The van der Waals surface area contributed by atoms with E-state index in [1.165, 1.54) is 24.3 Å². The van der Waals surface area contributed by atoms with Gasteiger partial charge in [0.2, 0.25) is 0 Å². The van der Waals surface area contributed by atoms with E-state index in [4.69, 9.17) is 0 Å². The minimum atomic E-state index is -0.323. The molecule has 2 N–H and O–H groups in total. The van der Waals surface area contributed by atoms with Crippen LogP contribution in [0.1, 0.15) is 6.42 Å². The van der Waals surface area contributed by atoms with Gasteiger partial charge in [-0.1, -0.05) is 0 Å². The monoisotopic (exact) mass is 306 g/mol. The SMILES string of the molecule is O=C(Nc1ccc(F)cc1)NC1CCN(c2nccs2)C1. The van der Waals surface area contributed by atoms with Gasteiger partial charge in [0.05, 0.1) is 0 Å². The number of anilines is 2. The predicted molar refractivity (Wildman–Crippen MR) is 81.3 cm³/mol. The van der Waals surface area contributed by atoms with Crippen molar-refractivity contribution < 1.29 is 9.18 Å². The summed E-state index contributed by atoms with van der Waals surface area (Å²) in [7, 11) is 0. The van der Waals surface area contributed by atoms with E-state index in [1.807, 2.05) is 5.38 Å². The third-order valence-corrected chi connectivity index (χ3v) is 4.15. The van der Waals surface area contributed by atoms with Crippen molar-refractivity contribution in [3.05, 3.63) is 41.7 Å². The minimum Gasteiger partial charge on any atom is -0.346 e. The van der Waals surface area contributed by atoms with Gasteiger partial charge in [0.15, 0.2) is 5.13 Å². The van der Waals surface area contributed by atoms with Crippen molar-refractivity contribution in [2.45, 2.75) is 12.5 Å². The van der Waals surface area contributed by atoms with E-state index < -0.39 is 0 Å². The van der Waals surface area contributed by atoms with Crippen LogP contribution in [0.4, 0.5) is 20.0 Å². The lowest BCUT2D eigenvalue weighted by Crippen LogP contribution is -2.39.